The maximum Gasteiger partial charge on any atom is 0.354 e. The number of nitrogens with one attached hydrogen (secondary N) is 1. The first-order valence-corrected chi connectivity index (χ1v) is 4.64. The summed E-state index contributed by atoms with van der Waals surface area (Å²) in [6.07, 6.45) is 0. The number of benzene rings is 1. The SMILES string of the molecule is Cc1nc(-c2ccccc2F)c(C(=O)O)[nH]1. The van der Waals surface area contributed by atoms with E-state index in [0.717, 1.165) is 0 Å². The molecule has 2 rings (SSSR count). The lowest BCUT2D eigenvalue weighted by molar-refractivity contribution is 0.0692. The van der Waals surface area contributed by atoms with Crippen LogP contribution in [0, 0.1) is 12.7 Å². The molecule has 1 aromatic heterocycles. The van der Waals surface area contributed by atoms with Gasteiger partial charge in [0, 0.05) is 5.56 Å². The molecule has 0 aliphatic heterocycles. The fraction of sp³-hybridized carbons (Fsp3) is 0.0909. The number of hydrogen-bond acceptors (Lipinski definition) is 2. The van der Waals surface area contributed by atoms with Gasteiger partial charge < -0.3 is 10.1 Å². The largest absolute Gasteiger partial charge is 0.477 e. The third kappa shape index (κ3) is 1.67. The highest BCUT2D eigenvalue weighted by molar-refractivity contribution is 5.93. The minimum atomic E-state index is -1.15. The molecule has 4 nitrogen and oxygen atoms in total. The summed E-state index contributed by atoms with van der Waals surface area (Å²) in [5.41, 5.74) is 0.218. The number of hydrogen-bond donors (Lipinski definition) is 2. The molecule has 0 fully saturated rings. The number of imidazole rings is 1. The van der Waals surface area contributed by atoms with Gasteiger partial charge in [0.15, 0.2) is 5.69 Å². The Morgan fingerprint density at radius 2 is 2.12 bits per heavy atom. The molecule has 0 atom stereocenters. The minimum absolute atomic E-state index is 0.0948. The number of aromatic nitrogens is 2. The summed E-state index contributed by atoms with van der Waals surface area (Å²) in [6, 6.07) is 5.94. The summed E-state index contributed by atoms with van der Waals surface area (Å²) in [6.45, 7) is 1.62. The number of aryl methyl sites for hydroxylation is 1. The van der Waals surface area contributed by atoms with Crippen molar-refractivity contribution in [2.75, 3.05) is 0 Å². The molecular formula is C11H9FN2O2. The quantitative estimate of drug-likeness (QED) is 0.815. The van der Waals surface area contributed by atoms with Gasteiger partial charge in [-0.15, -0.1) is 0 Å². The van der Waals surface area contributed by atoms with Crippen molar-refractivity contribution in [2.45, 2.75) is 6.92 Å². The molecule has 0 saturated carbocycles. The zero-order valence-corrected chi connectivity index (χ0v) is 8.49. The van der Waals surface area contributed by atoms with Crippen molar-refractivity contribution in [2.24, 2.45) is 0 Å². The second-order valence-corrected chi connectivity index (χ2v) is 3.33. The molecule has 0 spiro atoms. The number of carboxylic acids is 1. The lowest BCUT2D eigenvalue weighted by atomic mass is 10.1. The third-order valence-corrected chi connectivity index (χ3v) is 2.17. The van der Waals surface area contributed by atoms with Crippen molar-refractivity contribution in [1.29, 1.82) is 0 Å². The summed E-state index contributed by atoms with van der Waals surface area (Å²) in [5.74, 6) is -1.20. The van der Waals surface area contributed by atoms with E-state index in [4.69, 9.17) is 5.11 Å². The van der Waals surface area contributed by atoms with E-state index >= 15 is 0 Å². The second-order valence-electron chi connectivity index (χ2n) is 3.33. The van der Waals surface area contributed by atoms with E-state index in [1.54, 1.807) is 19.1 Å². The van der Waals surface area contributed by atoms with Crippen LogP contribution >= 0.6 is 0 Å². The number of carbonyl (C=O) groups is 1. The van der Waals surface area contributed by atoms with Crippen LogP contribution in [0.25, 0.3) is 11.3 Å². The molecule has 2 aromatic rings. The second kappa shape index (κ2) is 3.77. The molecule has 0 bridgehead atoms. The molecule has 2 N–H and O–H groups in total. The first-order valence-electron chi connectivity index (χ1n) is 4.64. The maximum absolute atomic E-state index is 13.5. The summed E-state index contributed by atoms with van der Waals surface area (Å²) in [4.78, 5) is 17.5. The van der Waals surface area contributed by atoms with Crippen molar-refractivity contribution < 1.29 is 14.3 Å². The van der Waals surface area contributed by atoms with Gasteiger partial charge in [0.2, 0.25) is 0 Å². The van der Waals surface area contributed by atoms with Gasteiger partial charge in [-0.3, -0.25) is 0 Å². The van der Waals surface area contributed by atoms with Gasteiger partial charge >= 0.3 is 5.97 Å². The van der Waals surface area contributed by atoms with Gasteiger partial charge in [-0.25, -0.2) is 14.2 Å². The zero-order chi connectivity index (χ0) is 11.7. The molecule has 1 heterocycles. The average Bonchev–Trinajstić information content (AvgIpc) is 2.61. The molecule has 0 unspecified atom stereocenters. The first-order chi connectivity index (χ1) is 7.59. The molecule has 0 amide bonds. The lowest BCUT2D eigenvalue weighted by Gasteiger charge is -1.99. The molecule has 0 aliphatic carbocycles. The Bertz CT molecular complexity index is 549. The Labute approximate surface area is 90.8 Å². The summed E-state index contributed by atoms with van der Waals surface area (Å²) in [5, 5.41) is 8.94. The highest BCUT2D eigenvalue weighted by atomic mass is 19.1. The van der Waals surface area contributed by atoms with Gasteiger partial charge in [0.05, 0.1) is 0 Å². The van der Waals surface area contributed by atoms with E-state index in [-0.39, 0.29) is 17.0 Å². The van der Waals surface area contributed by atoms with Crippen LogP contribution in [-0.4, -0.2) is 21.0 Å². The van der Waals surface area contributed by atoms with Crippen LogP contribution in [0.3, 0.4) is 0 Å². The lowest BCUT2D eigenvalue weighted by Crippen LogP contribution is -2.00. The van der Waals surface area contributed by atoms with Crippen molar-refractivity contribution in [3.63, 3.8) is 0 Å². The normalized spacial score (nSPS) is 10.4. The Morgan fingerprint density at radius 1 is 1.44 bits per heavy atom. The molecule has 16 heavy (non-hydrogen) atoms. The van der Waals surface area contributed by atoms with Crippen LogP contribution in [0.4, 0.5) is 4.39 Å². The summed E-state index contributed by atoms with van der Waals surface area (Å²) in [7, 11) is 0. The predicted octanol–water partition coefficient (Wildman–Crippen LogP) is 2.22. The average molecular weight is 220 g/mol. The van der Waals surface area contributed by atoms with E-state index in [1.807, 2.05) is 0 Å². The van der Waals surface area contributed by atoms with E-state index in [2.05, 4.69) is 9.97 Å². The minimum Gasteiger partial charge on any atom is -0.477 e. The smallest absolute Gasteiger partial charge is 0.354 e. The van der Waals surface area contributed by atoms with E-state index in [9.17, 15) is 9.18 Å². The Kier molecular flexibility index (Phi) is 2.44. The Morgan fingerprint density at radius 3 is 2.75 bits per heavy atom. The molecule has 0 aliphatic rings. The van der Waals surface area contributed by atoms with E-state index in [1.165, 1.54) is 12.1 Å². The fourth-order valence-corrected chi connectivity index (χ4v) is 1.49. The molecule has 0 radical (unpaired) electrons. The Hall–Kier alpha value is -2.17. The van der Waals surface area contributed by atoms with Crippen LogP contribution in [0.5, 0.6) is 0 Å². The van der Waals surface area contributed by atoms with Gasteiger partial charge in [-0.2, -0.15) is 0 Å². The first kappa shape index (κ1) is 10.4. The number of carboxylic acid groups (broad SMARTS) is 1. The molecule has 0 saturated heterocycles. The number of halogens is 1. The third-order valence-electron chi connectivity index (χ3n) is 2.17. The van der Waals surface area contributed by atoms with Crippen LogP contribution < -0.4 is 0 Å². The number of nitrogens with zero attached hydrogens (tertiary/aromatic N) is 1. The monoisotopic (exact) mass is 220 g/mol. The Balaban J connectivity index is 2.64. The molecule has 1 aromatic carbocycles. The van der Waals surface area contributed by atoms with Crippen molar-refractivity contribution in [3.8, 4) is 11.3 Å². The van der Waals surface area contributed by atoms with Gasteiger partial charge in [0.1, 0.15) is 17.3 Å². The number of rotatable bonds is 2. The summed E-state index contributed by atoms with van der Waals surface area (Å²) >= 11 is 0. The molecule has 82 valence electrons. The highest BCUT2D eigenvalue weighted by Crippen LogP contribution is 2.24. The van der Waals surface area contributed by atoms with Gasteiger partial charge in [-0.1, -0.05) is 12.1 Å². The molecule has 5 heteroatoms. The van der Waals surface area contributed by atoms with E-state index in [0.29, 0.717) is 5.82 Å². The van der Waals surface area contributed by atoms with Crippen LogP contribution in [-0.2, 0) is 0 Å². The van der Waals surface area contributed by atoms with Crippen LogP contribution in [0.2, 0.25) is 0 Å². The number of aromatic amines is 1. The van der Waals surface area contributed by atoms with Crippen molar-refractivity contribution in [1.82, 2.24) is 9.97 Å². The zero-order valence-electron chi connectivity index (χ0n) is 8.49. The van der Waals surface area contributed by atoms with Crippen LogP contribution in [0.15, 0.2) is 24.3 Å². The standard InChI is InChI=1S/C11H9FN2O2/c1-6-13-9(10(14-6)11(15)16)7-4-2-3-5-8(7)12/h2-5H,1H3,(H,13,14)(H,15,16). The van der Waals surface area contributed by atoms with Crippen LogP contribution in [0.1, 0.15) is 16.3 Å². The number of aromatic carboxylic acids is 1. The fourth-order valence-electron chi connectivity index (χ4n) is 1.49. The summed E-state index contributed by atoms with van der Waals surface area (Å²) < 4.78 is 13.5. The van der Waals surface area contributed by atoms with Crippen molar-refractivity contribution in [3.05, 3.63) is 41.6 Å². The number of H-pyrrole nitrogens is 1. The molecular weight excluding hydrogens is 211 g/mol. The topological polar surface area (TPSA) is 66.0 Å². The van der Waals surface area contributed by atoms with Crippen molar-refractivity contribution >= 4 is 5.97 Å². The highest BCUT2D eigenvalue weighted by Gasteiger charge is 2.18. The maximum atomic E-state index is 13.5. The predicted molar refractivity (Wildman–Crippen MR) is 55.7 cm³/mol. The van der Waals surface area contributed by atoms with Gasteiger partial charge in [0.25, 0.3) is 0 Å². The van der Waals surface area contributed by atoms with Gasteiger partial charge in [-0.05, 0) is 19.1 Å². The van der Waals surface area contributed by atoms with E-state index < -0.39 is 11.8 Å².